The number of aromatic amines is 1. The van der Waals surface area contributed by atoms with Crippen molar-refractivity contribution in [3.63, 3.8) is 0 Å². The quantitative estimate of drug-likeness (QED) is 0.343. The van der Waals surface area contributed by atoms with Gasteiger partial charge in [-0.1, -0.05) is 58.0 Å². The first-order valence-electron chi connectivity index (χ1n) is 14.1. The van der Waals surface area contributed by atoms with Crippen LogP contribution < -0.4 is 5.73 Å². The van der Waals surface area contributed by atoms with Crippen LogP contribution in [0.4, 0.5) is 0 Å². The average Bonchev–Trinajstić information content (AvgIpc) is 3.11. The van der Waals surface area contributed by atoms with Gasteiger partial charge in [-0.2, -0.15) is 0 Å². The summed E-state index contributed by atoms with van der Waals surface area (Å²) in [7, 11) is 0. The number of ether oxygens (including phenoxy) is 1. The number of H-pyrrole nitrogens is 1. The Morgan fingerprint density at radius 3 is 2.67 bits per heavy atom. The number of carbonyl (C=O) groups excluding carboxylic acids is 2. The van der Waals surface area contributed by atoms with Crippen LogP contribution in [-0.4, -0.2) is 50.8 Å². The SMILES string of the molecule is CC1=C[C@H]2[C@@]3(C)[C@H](C)C[C@]4(OC(=O)[C@@H](N)Cc5c[nH]c6ccccc56)[C@H]([C@@H]3C=C(CO)C[C@]2(O)C1=O)C4(C)C. The zero-order valence-electron chi connectivity index (χ0n) is 23.5. The molecule has 0 saturated heterocycles. The lowest BCUT2D eigenvalue weighted by Gasteiger charge is -2.52. The molecule has 208 valence electrons. The first-order chi connectivity index (χ1) is 18.3. The van der Waals surface area contributed by atoms with Crippen LogP contribution in [0.1, 0.15) is 53.0 Å². The number of esters is 1. The van der Waals surface area contributed by atoms with Gasteiger partial charge >= 0.3 is 5.97 Å². The van der Waals surface area contributed by atoms with Crippen molar-refractivity contribution < 1.29 is 24.5 Å². The normalized spacial score (nSPS) is 39.1. The molecule has 39 heavy (non-hydrogen) atoms. The molecule has 2 fully saturated rings. The van der Waals surface area contributed by atoms with Gasteiger partial charge in [0.25, 0.3) is 0 Å². The third-order valence-electron chi connectivity index (χ3n) is 11.2. The number of ketones is 1. The average molecular weight is 533 g/mol. The van der Waals surface area contributed by atoms with Crippen molar-refractivity contribution in [3.8, 4) is 0 Å². The molecule has 4 aliphatic rings. The summed E-state index contributed by atoms with van der Waals surface area (Å²) in [4.78, 5) is 30.0. The Labute approximate surface area is 229 Å². The van der Waals surface area contributed by atoms with Gasteiger partial charge in [0.15, 0.2) is 5.78 Å². The lowest BCUT2D eigenvalue weighted by atomic mass is 9.53. The number of hydrogen-bond acceptors (Lipinski definition) is 6. The molecule has 0 unspecified atom stereocenters. The number of benzene rings is 1. The minimum absolute atomic E-state index is 0.0243. The van der Waals surface area contributed by atoms with E-state index in [1.807, 2.05) is 36.5 Å². The van der Waals surface area contributed by atoms with Gasteiger partial charge in [-0.05, 0) is 53.4 Å². The van der Waals surface area contributed by atoms with Crippen LogP contribution in [0.2, 0.25) is 0 Å². The minimum Gasteiger partial charge on any atom is -0.457 e. The number of nitrogens with one attached hydrogen (secondary N) is 1. The van der Waals surface area contributed by atoms with Crippen molar-refractivity contribution in [2.24, 2.45) is 40.2 Å². The first kappa shape index (κ1) is 26.5. The highest BCUT2D eigenvalue weighted by atomic mass is 16.6. The zero-order chi connectivity index (χ0) is 28.1. The topological polar surface area (TPSA) is 126 Å². The molecule has 8 atom stereocenters. The van der Waals surface area contributed by atoms with E-state index in [2.05, 4.69) is 38.8 Å². The van der Waals surface area contributed by atoms with Crippen LogP contribution in [0.15, 0.2) is 53.8 Å². The number of allylic oxidation sites excluding steroid dienone is 1. The minimum atomic E-state index is -1.56. The van der Waals surface area contributed by atoms with Crippen molar-refractivity contribution in [1.29, 1.82) is 0 Å². The number of nitrogens with two attached hydrogens (primary N) is 1. The predicted molar refractivity (Wildman–Crippen MR) is 148 cm³/mol. The van der Waals surface area contributed by atoms with Crippen LogP contribution in [0, 0.1) is 34.5 Å². The molecule has 7 heteroatoms. The van der Waals surface area contributed by atoms with E-state index in [9.17, 15) is 19.8 Å². The van der Waals surface area contributed by atoms with Gasteiger partial charge < -0.3 is 25.7 Å². The highest BCUT2D eigenvalue weighted by molar-refractivity contribution is 6.04. The summed E-state index contributed by atoms with van der Waals surface area (Å²) in [5.41, 5.74) is 6.63. The van der Waals surface area contributed by atoms with Gasteiger partial charge in [-0.25, -0.2) is 0 Å². The lowest BCUT2D eigenvalue weighted by Crippen LogP contribution is -2.55. The highest BCUT2D eigenvalue weighted by Crippen LogP contribution is 2.78. The van der Waals surface area contributed by atoms with E-state index >= 15 is 0 Å². The second kappa shape index (κ2) is 8.38. The summed E-state index contributed by atoms with van der Waals surface area (Å²) >= 11 is 0. The molecule has 2 aromatic rings. The fourth-order valence-electron chi connectivity index (χ4n) is 8.85. The summed E-state index contributed by atoms with van der Waals surface area (Å²) in [6.07, 6.45) is 7.05. The van der Waals surface area contributed by atoms with E-state index in [0.717, 1.165) is 16.5 Å². The molecule has 0 radical (unpaired) electrons. The molecule has 2 saturated carbocycles. The van der Waals surface area contributed by atoms with Crippen molar-refractivity contribution in [2.75, 3.05) is 6.61 Å². The number of rotatable bonds is 5. The molecule has 5 N–H and O–H groups in total. The van der Waals surface area contributed by atoms with Crippen LogP contribution in [-0.2, 0) is 20.7 Å². The molecule has 0 amide bonds. The molecule has 0 aliphatic heterocycles. The van der Waals surface area contributed by atoms with Crippen LogP contribution in [0.25, 0.3) is 10.9 Å². The van der Waals surface area contributed by atoms with E-state index in [0.29, 0.717) is 24.0 Å². The van der Waals surface area contributed by atoms with Gasteiger partial charge in [-0.3, -0.25) is 9.59 Å². The van der Waals surface area contributed by atoms with Crippen molar-refractivity contribution >= 4 is 22.7 Å². The molecule has 1 heterocycles. The van der Waals surface area contributed by atoms with Crippen molar-refractivity contribution in [3.05, 3.63) is 59.3 Å². The molecule has 4 aliphatic carbocycles. The second-order valence-electron chi connectivity index (χ2n) is 13.4. The van der Waals surface area contributed by atoms with Gasteiger partial charge in [-0.15, -0.1) is 0 Å². The molecule has 1 aromatic heterocycles. The summed E-state index contributed by atoms with van der Waals surface area (Å²) in [6.45, 7) is 10.1. The summed E-state index contributed by atoms with van der Waals surface area (Å²) in [5.74, 6) is -1.13. The van der Waals surface area contributed by atoms with E-state index in [1.54, 1.807) is 6.92 Å². The molecule has 0 spiro atoms. The number of carbonyl (C=O) groups is 2. The maximum Gasteiger partial charge on any atom is 0.323 e. The highest BCUT2D eigenvalue weighted by Gasteiger charge is 2.82. The largest absolute Gasteiger partial charge is 0.457 e. The number of hydrogen-bond donors (Lipinski definition) is 4. The molecule has 6 rings (SSSR count). The predicted octanol–water partition coefficient (Wildman–Crippen LogP) is 3.84. The van der Waals surface area contributed by atoms with Crippen LogP contribution in [0.5, 0.6) is 0 Å². The number of Topliss-reactive ketones (excluding diaryl/α,β-unsaturated/α-hetero) is 1. The van der Waals surface area contributed by atoms with Crippen molar-refractivity contribution in [1.82, 2.24) is 4.98 Å². The Balaban J connectivity index is 1.32. The second-order valence-corrected chi connectivity index (χ2v) is 13.4. The van der Waals surface area contributed by atoms with E-state index in [4.69, 9.17) is 10.5 Å². The molecular weight excluding hydrogens is 492 g/mol. The Bertz CT molecular complexity index is 1440. The van der Waals surface area contributed by atoms with E-state index in [-0.39, 0.29) is 47.9 Å². The summed E-state index contributed by atoms with van der Waals surface area (Å²) in [6, 6.07) is 7.14. The Morgan fingerprint density at radius 2 is 1.95 bits per heavy atom. The van der Waals surface area contributed by atoms with Gasteiger partial charge in [0.1, 0.15) is 17.2 Å². The van der Waals surface area contributed by atoms with Crippen molar-refractivity contribution in [2.45, 2.75) is 71.1 Å². The van der Waals surface area contributed by atoms with E-state index in [1.165, 1.54) is 0 Å². The smallest absolute Gasteiger partial charge is 0.323 e. The summed E-state index contributed by atoms with van der Waals surface area (Å²) < 4.78 is 6.43. The standard InChI is InChI=1S/C32H40N2O5/c1-17-10-25-30(5)18(2)13-32(39-28(37)23(33)12-20-15-34-24-9-7-6-8-21(20)24)26(29(32,3)4)22(30)11-19(16-35)14-31(25,38)27(17)36/h6-11,15,18,22-23,25-26,34-35,38H,12-14,16,33H2,1-5H3/t18-,22+,23+,25+,26-,30+,31-,32+/m1/s1. The lowest BCUT2D eigenvalue weighted by molar-refractivity contribution is -0.166. The fraction of sp³-hybridized carbons (Fsp3) is 0.562. The van der Waals surface area contributed by atoms with Crippen LogP contribution in [0.3, 0.4) is 0 Å². The Hall–Kier alpha value is -2.74. The Kier molecular flexibility index (Phi) is 5.69. The maximum atomic E-state index is 13.5. The maximum absolute atomic E-state index is 13.5. The molecular formula is C32H40N2O5. The van der Waals surface area contributed by atoms with Gasteiger partial charge in [0.05, 0.1) is 6.61 Å². The Morgan fingerprint density at radius 1 is 1.23 bits per heavy atom. The molecule has 1 aromatic carbocycles. The first-order valence-corrected chi connectivity index (χ1v) is 14.1. The monoisotopic (exact) mass is 532 g/mol. The molecule has 7 nitrogen and oxygen atoms in total. The number of aliphatic hydroxyl groups excluding tert-OH is 1. The van der Waals surface area contributed by atoms with Gasteiger partial charge in [0, 0.05) is 47.2 Å². The number of para-hydroxylation sites is 1. The fourth-order valence-corrected chi connectivity index (χ4v) is 8.85. The third-order valence-corrected chi connectivity index (χ3v) is 11.2. The van der Waals surface area contributed by atoms with Gasteiger partial charge in [0.2, 0.25) is 0 Å². The van der Waals surface area contributed by atoms with E-state index < -0.39 is 28.6 Å². The number of fused-ring (bicyclic) bond motifs is 6. The zero-order valence-corrected chi connectivity index (χ0v) is 23.5. The van der Waals surface area contributed by atoms with Crippen LogP contribution >= 0.6 is 0 Å². The molecule has 0 bridgehead atoms. The number of aliphatic hydroxyl groups is 2. The third kappa shape index (κ3) is 3.39. The summed E-state index contributed by atoms with van der Waals surface area (Å²) in [5, 5.41) is 23.1. The number of aromatic nitrogens is 1.